The van der Waals surface area contributed by atoms with Gasteiger partial charge in [-0.15, -0.1) is 5.10 Å². The second-order valence-corrected chi connectivity index (χ2v) is 4.22. The van der Waals surface area contributed by atoms with Crippen molar-refractivity contribution in [2.45, 2.75) is 51.9 Å². The molecular formula is C11H17N3O2. The summed E-state index contributed by atoms with van der Waals surface area (Å²) in [5, 5.41) is 7.70. The van der Waals surface area contributed by atoms with Crippen LogP contribution in [0.1, 0.15) is 43.6 Å². The highest BCUT2D eigenvalue weighted by Gasteiger charge is 2.30. The molecule has 0 amide bonds. The van der Waals surface area contributed by atoms with Gasteiger partial charge in [0.2, 0.25) is 5.78 Å². The topological polar surface area (TPSA) is 57.0 Å². The molecule has 1 aliphatic rings. The van der Waals surface area contributed by atoms with E-state index < -0.39 is 0 Å². The number of carbonyl (C=O) groups excluding carboxylic acids is 1. The molecule has 1 saturated heterocycles. The molecule has 0 bridgehead atoms. The standard InChI is InChI=1S/C11H17N3O2/c1-3-6-14-9(7-12-13-14)11(15)10-5-4-8(2)16-10/h7-8,10H,3-6H2,1-2H3. The van der Waals surface area contributed by atoms with E-state index in [2.05, 4.69) is 10.3 Å². The molecule has 5 heteroatoms. The van der Waals surface area contributed by atoms with Crippen LogP contribution in [0.25, 0.3) is 0 Å². The third-order valence-corrected chi connectivity index (χ3v) is 2.83. The summed E-state index contributed by atoms with van der Waals surface area (Å²) in [4.78, 5) is 12.1. The first-order chi connectivity index (χ1) is 7.72. The summed E-state index contributed by atoms with van der Waals surface area (Å²) >= 11 is 0. The monoisotopic (exact) mass is 223 g/mol. The van der Waals surface area contributed by atoms with Crippen molar-refractivity contribution in [2.75, 3.05) is 0 Å². The quantitative estimate of drug-likeness (QED) is 0.725. The summed E-state index contributed by atoms with van der Waals surface area (Å²) in [7, 11) is 0. The molecule has 0 N–H and O–H groups in total. The summed E-state index contributed by atoms with van der Waals surface area (Å²) in [5.41, 5.74) is 0.570. The van der Waals surface area contributed by atoms with Crippen LogP contribution in [0.3, 0.4) is 0 Å². The number of aryl methyl sites for hydroxylation is 1. The van der Waals surface area contributed by atoms with E-state index in [-0.39, 0.29) is 18.0 Å². The largest absolute Gasteiger partial charge is 0.367 e. The van der Waals surface area contributed by atoms with Crippen molar-refractivity contribution in [1.29, 1.82) is 0 Å². The van der Waals surface area contributed by atoms with Gasteiger partial charge in [0.15, 0.2) is 0 Å². The Labute approximate surface area is 94.8 Å². The lowest BCUT2D eigenvalue weighted by Crippen LogP contribution is -2.24. The van der Waals surface area contributed by atoms with Gasteiger partial charge in [-0.05, 0) is 26.2 Å². The minimum Gasteiger partial charge on any atom is -0.367 e. The Morgan fingerprint density at radius 2 is 2.44 bits per heavy atom. The second-order valence-electron chi connectivity index (χ2n) is 4.22. The zero-order valence-electron chi connectivity index (χ0n) is 9.72. The molecule has 1 fully saturated rings. The van der Waals surface area contributed by atoms with Crippen molar-refractivity contribution in [3.05, 3.63) is 11.9 Å². The van der Waals surface area contributed by atoms with E-state index in [1.54, 1.807) is 4.68 Å². The van der Waals surface area contributed by atoms with Gasteiger partial charge in [-0.3, -0.25) is 4.79 Å². The minimum absolute atomic E-state index is 0.0165. The zero-order chi connectivity index (χ0) is 11.5. The van der Waals surface area contributed by atoms with Crippen LogP contribution in [0.5, 0.6) is 0 Å². The van der Waals surface area contributed by atoms with E-state index in [0.717, 1.165) is 25.8 Å². The molecule has 2 heterocycles. The number of aromatic nitrogens is 3. The normalized spacial score (nSPS) is 24.9. The van der Waals surface area contributed by atoms with E-state index in [0.29, 0.717) is 5.69 Å². The first kappa shape index (κ1) is 11.3. The van der Waals surface area contributed by atoms with Gasteiger partial charge in [0.25, 0.3) is 0 Å². The van der Waals surface area contributed by atoms with Crippen molar-refractivity contribution in [2.24, 2.45) is 0 Å². The Kier molecular flexibility index (Phi) is 3.33. The van der Waals surface area contributed by atoms with E-state index in [1.807, 2.05) is 13.8 Å². The molecule has 0 aliphatic carbocycles. The molecule has 0 radical (unpaired) electrons. The van der Waals surface area contributed by atoms with Crippen LogP contribution in [-0.4, -0.2) is 33.0 Å². The van der Waals surface area contributed by atoms with Gasteiger partial charge in [0.05, 0.1) is 12.3 Å². The Hall–Kier alpha value is -1.23. The predicted octanol–water partition coefficient (Wildman–Crippen LogP) is 1.44. The Morgan fingerprint density at radius 1 is 1.62 bits per heavy atom. The molecule has 88 valence electrons. The summed E-state index contributed by atoms with van der Waals surface area (Å²) in [5.74, 6) is 0.0165. The van der Waals surface area contributed by atoms with Gasteiger partial charge < -0.3 is 4.74 Å². The van der Waals surface area contributed by atoms with E-state index in [4.69, 9.17) is 4.74 Å². The van der Waals surface area contributed by atoms with Crippen molar-refractivity contribution < 1.29 is 9.53 Å². The van der Waals surface area contributed by atoms with E-state index >= 15 is 0 Å². The molecular weight excluding hydrogens is 206 g/mol. The lowest BCUT2D eigenvalue weighted by molar-refractivity contribution is 0.0424. The fourth-order valence-corrected chi connectivity index (χ4v) is 1.99. The SMILES string of the molecule is CCCn1nncc1C(=O)C1CCC(C)O1. The number of carbonyl (C=O) groups is 1. The Bertz CT molecular complexity index is 375. The molecule has 2 rings (SSSR count). The van der Waals surface area contributed by atoms with E-state index in [9.17, 15) is 4.79 Å². The molecule has 2 atom stereocenters. The molecule has 1 aliphatic heterocycles. The molecule has 0 spiro atoms. The van der Waals surface area contributed by atoms with Crippen LogP contribution in [0, 0.1) is 0 Å². The van der Waals surface area contributed by atoms with Gasteiger partial charge in [-0.25, -0.2) is 4.68 Å². The number of hydrogen-bond acceptors (Lipinski definition) is 4. The Morgan fingerprint density at radius 3 is 3.06 bits per heavy atom. The number of rotatable bonds is 4. The lowest BCUT2D eigenvalue weighted by Gasteiger charge is -2.10. The molecule has 1 aromatic rings. The van der Waals surface area contributed by atoms with Crippen molar-refractivity contribution in [3.8, 4) is 0 Å². The van der Waals surface area contributed by atoms with Gasteiger partial charge in [-0.2, -0.15) is 0 Å². The van der Waals surface area contributed by atoms with Crippen molar-refractivity contribution >= 4 is 5.78 Å². The highest BCUT2D eigenvalue weighted by Crippen LogP contribution is 2.22. The lowest BCUT2D eigenvalue weighted by atomic mass is 10.1. The highest BCUT2D eigenvalue weighted by atomic mass is 16.5. The first-order valence-electron chi connectivity index (χ1n) is 5.80. The minimum atomic E-state index is -0.302. The van der Waals surface area contributed by atoms with Crippen LogP contribution in [0.4, 0.5) is 0 Å². The van der Waals surface area contributed by atoms with Gasteiger partial charge in [0, 0.05) is 6.54 Å². The average molecular weight is 223 g/mol. The third-order valence-electron chi connectivity index (χ3n) is 2.83. The molecule has 0 aromatic carbocycles. The molecule has 16 heavy (non-hydrogen) atoms. The summed E-state index contributed by atoms with van der Waals surface area (Å²) in [6.45, 7) is 4.77. The predicted molar refractivity (Wildman–Crippen MR) is 58.2 cm³/mol. The van der Waals surface area contributed by atoms with Crippen molar-refractivity contribution in [3.63, 3.8) is 0 Å². The molecule has 2 unspecified atom stereocenters. The van der Waals surface area contributed by atoms with E-state index in [1.165, 1.54) is 6.20 Å². The molecule has 5 nitrogen and oxygen atoms in total. The molecule has 0 saturated carbocycles. The van der Waals surface area contributed by atoms with Gasteiger partial charge in [0.1, 0.15) is 11.8 Å². The zero-order valence-corrected chi connectivity index (χ0v) is 9.72. The second kappa shape index (κ2) is 4.74. The first-order valence-corrected chi connectivity index (χ1v) is 5.80. The fraction of sp³-hybridized carbons (Fsp3) is 0.727. The summed E-state index contributed by atoms with van der Waals surface area (Å²) in [6.07, 6.45) is 4.10. The molecule has 1 aromatic heterocycles. The maximum absolute atomic E-state index is 12.1. The third kappa shape index (κ3) is 2.14. The maximum atomic E-state index is 12.1. The smallest absolute Gasteiger partial charge is 0.211 e. The van der Waals surface area contributed by atoms with Crippen LogP contribution >= 0.6 is 0 Å². The number of ketones is 1. The summed E-state index contributed by atoms with van der Waals surface area (Å²) in [6, 6.07) is 0. The van der Waals surface area contributed by atoms with Crippen LogP contribution < -0.4 is 0 Å². The van der Waals surface area contributed by atoms with Gasteiger partial charge in [-0.1, -0.05) is 12.1 Å². The number of nitrogens with zero attached hydrogens (tertiary/aromatic N) is 3. The number of ether oxygens (including phenoxy) is 1. The maximum Gasteiger partial charge on any atom is 0.211 e. The number of Topliss-reactive ketones (excluding diaryl/α,β-unsaturated/α-hetero) is 1. The van der Waals surface area contributed by atoms with Crippen LogP contribution in [-0.2, 0) is 11.3 Å². The van der Waals surface area contributed by atoms with Crippen LogP contribution in [0.15, 0.2) is 6.20 Å². The highest BCUT2D eigenvalue weighted by molar-refractivity contribution is 5.97. The average Bonchev–Trinajstić information content (AvgIpc) is 2.87. The number of hydrogen-bond donors (Lipinski definition) is 0. The van der Waals surface area contributed by atoms with Crippen molar-refractivity contribution in [1.82, 2.24) is 15.0 Å². The fourth-order valence-electron chi connectivity index (χ4n) is 1.99. The van der Waals surface area contributed by atoms with Gasteiger partial charge >= 0.3 is 0 Å². The Balaban J connectivity index is 2.11. The van der Waals surface area contributed by atoms with Crippen LogP contribution in [0.2, 0.25) is 0 Å². The summed E-state index contributed by atoms with van der Waals surface area (Å²) < 4.78 is 7.22.